The molecule has 0 radical (unpaired) electrons. The van der Waals surface area contributed by atoms with Crippen molar-refractivity contribution in [3.63, 3.8) is 0 Å². The summed E-state index contributed by atoms with van der Waals surface area (Å²) in [6, 6.07) is 16.1. The van der Waals surface area contributed by atoms with E-state index in [4.69, 9.17) is 26.3 Å². The van der Waals surface area contributed by atoms with E-state index in [1.165, 1.54) is 5.69 Å². The lowest BCUT2D eigenvalue weighted by molar-refractivity contribution is 0.210. The second-order valence-electron chi connectivity index (χ2n) is 6.76. The maximum absolute atomic E-state index is 6.00. The molecule has 0 bridgehead atoms. The van der Waals surface area contributed by atoms with Gasteiger partial charge < -0.3 is 19.9 Å². The Hall–Kier alpha value is -2.57. The molecule has 0 spiro atoms. The van der Waals surface area contributed by atoms with Crippen LogP contribution in [0.25, 0.3) is 10.9 Å². The molecule has 0 saturated carbocycles. The monoisotopic (exact) mass is 397 g/mol. The van der Waals surface area contributed by atoms with Crippen LogP contribution < -0.4 is 15.1 Å². The number of rotatable bonds is 6. The van der Waals surface area contributed by atoms with E-state index in [9.17, 15) is 0 Å². The first kappa shape index (κ1) is 18.8. The number of benzene rings is 2. The molecule has 0 aliphatic carbocycles. The first-order valence-corrected chi connectivity index (χ1v) is 9.87. The highest BCUT2D eigenvalue weighted by Crippen LogP contribution is 2.25. The molecule has 0 unspecified atom stereocenters. The van der Waals surface area contributed by atoms with Crippen LogP contribution in [0.2, 0.25) is 5.02 Å². The number of hydrogen-bond donors (Lipinski definition) is 1. The molecule has 2 aromatic carbocycles. The summed E-state index contributed by atoms with van der Waals surface area (Å²) in [5.41, 5.74) is 2.15. The number of piperazine rings is 1. The van der Waals surface area contributed by atoms with E-state index >= 15 is 0 Å². The van der Waals surface area contributed by atoms with Crippen molar-refractivity contribution in [3.8, 4) is 0 Å². The van der Waals surface area contributed by atoms with Crippen LogP contribution >= 0.6 is 11.6 Å². The van der Waals surface area contributed by atoms with Gasteiger partial charge in [0, 0.05) is 55.9 Å². The number of aromatic nitrogens is 2. The molecule has 0 atom stereocenters. The van der Waals surface area contributed by atoms with Crippen molar-refractivity contribution in [3.05, 3.63) is 53.6 Å². The molecule has 4 rings (SSSR count). The van der Waals surface area contributed by atoms with Crippen molar-refractivity contribution in [2.45, 2.75) is 0 Å². The fourth-order valence-electron chi connectivity index (χ4n) is 3.43. The molecular weight excluding hydrogens is 374 g/mol. The van der Waals surface area contributed by atoms with Crippen LogP contribution in [0.5, 0.6) is 0 Å². The topological polar surface area (TPSA) is 53.5 Å². The molecule has 3 aromatic rings. The molecule has 2 heterocycles. The van der Waals surface area contributed by atoms with Gasteiger partial charge >= 0.3 is 0 Å². The molecule has 28 heavy (non-hydrogen) atoms. The van der Waals surface area contributed by atoms with E-state index in [1.807, 2.05) is 36.4 Å². The summed E-state index contributed by atoms with van der Waals surface area (Å²) in [4.78, 5) is 14.2. The van der Waals surface area contributed by atoms with Crippen LogP contribution in [0, 0.1) is 0 Å². The number of nitrogens with one attached hydrogen (secondary N) is 1. The van der Waals surface area contributed by atoms with Gasteiger partial charge in [0.1, 0.15) is 5.82 Å². The van der Waals surface area contributed by atoms with Crippen molar-refractivity contribution < 1.29 is 4.74 Å². The molecule has 7 heteroatoms. The highest BCUT2D eigenvalue weighted by Gasteiger charge is 2.20. The molecular formula is C21H24ClN5O. The zero-order chi connectivity index (χ0) is 19.3. The summed E-state index contributed by atoms with van der Waals surface area (Å²) in [5, 5.41) is 5.18. The van der Waals surface area contributed by atoms with Crippen LogP contribution in [-0.2, 0) is 4.74 Å². The average Bonchev–Trinajstić information content (AvgIpc) is 2.74. The molecule has 1 fully saturated rings. The second kappa shape index (κ2) is 8.63. The Balaban J connectivity index is 1.52. The van der Waals surface area contributed by atoms with Gasteiger partial charge in [0.25, 0.3) is 0 Å². The van der Waals surface area contributed by atoms with E-state index in [1.54, 1.807) is 7.11 Å². The SMILES string of the molecule is COCCNc1nc(N2CCN(c3ccc(Cl)cc3)CC2)nc2ccccc12. The zero-order valence-electron chi connectivity index (χ0n) is 15.9. The predicted molar refractivity (Wildman–Crippen MR) is 116 cm³/mol. The number of anilines is 3. The summed E-state index contributed by atoms with van der Waals surface area (Å²) >= 11 is 6.00. The Morgan fingerprint density at radius 3 is 2.43 bits per heavy atom. The summed E-state index contributed by atoms with van der Waals surface area (Å²) in [6.45, 7) is 4.93. The molecule has 6 nitrogen and oxygen atoms in total. The normalized spacial score (nSPS) is 14.5. The van der Waals surface area contributed by atoms with Crippen molar-refractivity contribution in [1.82, 2.24) is 9.97 Å². The number of para-hydroxylation sites is 1. The number of methoxy groups -OCH3 is 1. The van der Waals surface area contributed by atoms with E-state index in [0.29, 0.717) is 13.2 Å². The largest absolute Gasteiger partial charge is 0.383 e. The fraction of sp³-hybridized carbons (Fsp3) is 0.333. The van der Waals surface area contributed by atoms with Gasteiger partial charge in [-0.1, -0.05) is 23.7 Å². The van der Waals surface area contributed by atoms with Crippen LogP contribution in [-0.4, -0.2) is 56.4 Å². The molecule has 1 aliphatic rings. The number of nitrogens with zero attached hydrogens (tertiary/aromatic N) is 4. The third-order valence-electron chi connectivity index (χ3n) is 4.94. The minimum absolute atomic E-state index is 0.632. The van der Waals surface area contributed by atoms with E-state index in [0.717, 1.165) is 53.9 Å². The standard InChI is InChI=1S/C21H24ClN5O/c1-28-15-10-23-20-18-4-2-3-5-19(18)24-21(25-20)27-13-11-26(12-14-27)17-8-6-16(22)7-9-17/h2-9H,10-15H2,1H3,(H,23,24,25). The number of hydrogen-bond acceptors (Lipinski definition) is 6. The van der Waals surface area contributed by atoms with Gasteiger partial charge in [0.2, 0.25) is 5.95 Å². The van der Waals surface area contributed by atoms with Gasteiger partial charge in [-0.3, -0.25) is 0 Å². The summed E-state index contributed by atoms with van der Waals surface area (Å²) < 4.78 is 5.15. The maximum atomic E-state index is 6.00. The van der Waals surface area contributed by atoms with Crippen LogP contribution in [0.4, 0.5) is 17.5 Å². The van der Waals surface area contributed by atoms with Gasteiger partial charge in [0.15, 0.2) is 0 Å². The van der Waals surface area contributed by atoms with Gasteiger partial charge in [-0.05, 0) is 36.4 Å². The van der Waals surface area contributed by atoms with Crippen LogP contribution in [0.15, 0.2) is 48.5 Å². The second-order valence-corrected chi connectivity index (χ2v) is 7.20. The lowest BCUT2D eigenvalue weighted by Crippen LogP contribution is -2.47. The lowest BCUT2D eigenvalue weighted by atomic mass is 10.2. The highest BCUT2D eigenvalue weighted by molar-refractivity contribution is 6.30. The van der Waals surface area contributed by atoms with Crippen molar-refractivity contribution >= 4 is 40.0 Å². The maximum Gasteiger partial charge on any atom is 0.228 e. The highest BCUT2D eigenvalue weighted by atomic mass is 35.5. The lowest BCUT2D eigenvalue weighted by Gasteiger charge is -2.36. The molecule has 1 saturated heterocycles. The van der Waals surface area contributed by atoms with E-state index in [2.05, 4.69) is 27.2 Å². The third-order valence-corrected chi connectivity index (χ3v) is 5.20. The Kier molecular flexibility index (Phi) is 5.78. The Labute approximate surface area is 170 Å². The van der Waals surface area contributed by atoms with Crippen LogP contribution in [0.1, 0.15) is 0 Å². The fourth-order valence-corrected chi connectivity index (χ4v) is 3.55. The number of fused-ring (bicyclic) bond motifs is 1. The Bertz CT molecular complexity index is 926. The quantitative estimate of drug-likeness (QED) is 0.640. The third kappa shape index (κ3) is 4.13. The minimum atomic E-state index is 0.632. The molecule has 1 aromatic heterocycles. The predicted octanol–water partition coefficient (Wildman–Crippen LogP) is 3.67. The van der Waals surface area contributed by atoms with Crippen molar-refractivity contribution in [2.24, 2.45) is 0 Å². The van der Waals surface area contributed by atoms with Gasteiger partial charge in [-0.2, -0.15) is 4.98 Å². The van der Waals surface area contributed by atoms with E-state index in [-0.39, 0.29) is 0 Å². The smallest absolute Gasteiger partial charge is 0.228 e. The average molecular weight is 398 g/mol. The number of halogens is 1. The zero-order valence-corrected chi connectivity index (χ0v) is 16.7. The summed E-state index contributed by atoms with van der Waals surface area (Å²) in [6.07, 6.45) is 0. The molecule has 1 aliphatic heterocycles. The molecule has 146 valence electrons. The molecule has 0 amide bonds. The Morgan fingerprint density at radius 2 is 1.68 bits per heavy atom. The van der Waals surface area contributed by atoms with E-state index < -0.39 is 0 Å². The summed E-state index contributed by atoms with van der Waals surface area (Å²) in [5.74, 6) is 1.63. The van der Waals surface area contributed by atoms with Crippen molar-refractivity contribution in [1.29, 1.82) is 0 Å². The van der Waals surface area contributed by atoms with Gasteiger partial charge in [-0.25, -0.2) is 4.98 Å². The minimum Gasteiger partial charge on any atom is -0.383 e. The Morgan fingerprint density at radius 1 is 0.964 bits per heavy atom. The van der Waals surface area contributed by atoms with Crippen LogP contribution in [0.3, 0.4) is 0 Å². The van der Waals surface area contributed by atoms with Crippen molar-refractivity contribution in [2.75, 3.05) is 61.6 Å². The molecule has 1 N–H and O–H groups in total. The van der Waals surface area contributed by atoms with Gasteiger partial charge in [0.05, 0.1) is 12.1 Å². The first-order chi connectivity index (χ1) is 13.7. The summed E-state index contributed by atoms with van der Waals surface area (Å²) in [7, 11) is 1.70. The number of ether oxygens (including phenoxy) is 1. The van der Waals surface area contributed by atoms with Gasteiger partial charge in [-0.15, -0.1) is 0 Å². The first-order valence-electron chi connectivity index (χ1n) is 9.49.